The van der Waals surface area contributed by atoms with Gasteiger partial charge in [0, 0.05) is 29.5 Å². The lowest BCUT2D eigenvalue weighted by Gasteiger charge is -2.21. The zero-order valence-corrected chi connectivity index (χ0v) is 11.4. The summed E-state index contributed by atoms with van der Waals surface area (Å²) in [5, 5.41) is 4.35. The summed E-state index contributed by atoms with van der Waals surface area (Å²) in [4.78, 5) is 4.03. The van der Waals surface area contributed by atoms with Crippen LogP contribution in [0, 0.1) is 0 Å². The van der Waals surface area contributed by atoms with Crippen molar-refractivity contribution in [2.75, 3.05) is 0 Å². The molecule has 0 aliphatic heterocycles. The predicted molar refractivity (Wildman–Crippen MR) is 75.7 cm³/mol. The molecule has 0 aliphatic rings. The van der Waals surface area contributed by atoms with Gasteiger partial charge in [-0.3, -0.25) is 4.98 Å². The Kier molecular flexibility index (Phi) is 4.34. The zero-order chi connectivity index (χ0) is 13.0. The van der Waals surface area contributed by atoms with Crippen LogP contribution < -0.4 is 5.32 Å². The van der Waals surface area contributed by atoms with Gasteiger partial charge in [-0.15, -0.1) is 0 Å². The standard InChI is InChI=1S/C15H17ClN2/c1-11(13-7-9-17-10-8-13)18-12(2)14-5-3-4-6-15(14)16/h3-12,18H,1-2H3/t11?,12-/m0/s1. The van der Waals surface area contributed by atoms with E-state index < -0.39 is 0 Å². The first-order valence-corrected chi connectivity index (χ1v) is 6.46. The minimum atomic E-state index is 0.210. The van der Waals surface area contributed by atoms with Gasteiger partial charge in [-0.05, 0) is 43.2 Å². The second kappa shape index (κ2) is 5.98. The number of nitrogens with zero attached hydrogens (tertiary/aromatic N) is 1. The van der Waals surface area contributed by atoms with Crippen LogP contribution in [0.25, 0.3) is 0 Å². The number of aromatic nitrogens is 1. The molecule has 1 N–H and O–H groups in total. The molecule has 2 nitrogen and oxygen atoms in total. The van der Waals surface area contributed by atoms with Crippen LogP contribution in [-0.2, 0) is 0 Å². The van der Waals surface area contributed by atoms with Gasteiger partial charge in [0.25, 0.3) is 0 Å². The average molecular weight is 261 g/mol. The highest BCUT2D eigenvalue weighted by Crippen LogP contribution is 2.24. The third-order valence-electron chi connectivity index (χ3n) is 3.08. The van der Waals surface area contributed by atoms with Gasteiger partial charge in [0.05, 0.1) is 0 Å². The molecule has 1 unspecified atom stereocenters. The molecule has 2 rings (SSSR count). The van der Waals surface area contributed by atoms with Gasteiger partial charge in [-0.25, -0.2) is 0 Å². The monoisotopic (exact) mass is 260 g/mol. The van der Waals surface area contributed by atoms with Gasteiger partial charge in [-0.1, -0.05) is 29.8 Å². The van der Waals surface area contributed by atoms with Crippen molar-refractivity contribution in [3.8, 4) is 0 Å². The Hall–Kier alpha value is -1.38. The zero-order valence-electron chi connectivity index (χ0n) is 10.6. The second-order valence-electron chi connectivity index (χ2n) is 4.41. The Morgan fingerprint density at radius 3 is 2.33 bits per heavy atom. The highest BCUT2D eigenvalue weighted by molar-refractivity contribution is 6.31. The fourth-order valence-electron chi connectivity index (χ4n) is 2.04. The summed E-state index contributed by atoms with van der Waals surface area (Å²) in [5.74, 6) is 0. The number of rotatable bonds is 4. The van der Waals surface area contributed by atoms with E-state index in [1.54, 1.807) is 0 Å². The number of halogens is 1. The lowest BCUT2D eigenvalue weighted by atomic mass is 10.1. The van der Waals surface area contributed by atoms with E-state index in [4.69, 9.17) is 11.6 Å². The van der Waals surface area contributed by atoms with E-state index in [2.05, 4.69) is 30.2 Å². The molecule has 0 fully saturated rings. The van der Waals surface area contributed by atoms with Crippen molar-refractivity contribution < 1.29 is 0 Å². The smallest absolute Gasteiger partial charge is 0.0453 e. The minimum absolute atomic E-state index is 0.210. The molecule has 2 aromatic rings. The first kappa shape index (κ1) is 13.1. The third kappa shape index (κ3) is 3.09. The van der Waals surface area contributed by atoms with Gasteiger partial charge in [0.2, 0.25) is 0 Å². The molecule has 0 bridgehead atoms. The van der Waals surface area contributed by atoms with Crippen molar-refractivity contribution in [2.45, 2.75) is 25.9 Å². The predicted octanol–water partition coefficient (Wildman–Crippen LogP) is 4.15. The van der Waals surface area contributed by atoms with Gasteiger partial charge < -0.3 is 5.32 Å². The number of hydrogen-bond donors (Lipinski definition) is 1. The number of pyridine rings is 1. The Balaban J connectivity index is 2.08. The first-order valence-electron chi connectivity index (χ1n) is 6.09. The number of nitrogens with one attached hydrogen (secondary N) is 1. The molecule has 0 spiro atoms. The molecule has 18 heavy (non-hydrogen) atoms. The SMILES string of the molecule is CC(N[C@@H](C)c1ccccc1Cl)c1ccncc1. The molecule has 94 valence electrons. The molecule has 0 radical (unpaired) electrons. The van der Waals surface area contributed by atoms with Gasteiger partial charge in [0.15, 0.2) is 0 Å². The molecular weight excluding hydrogens is 244 g/mol. The lowest BCUT2D eigenvalue weighted by molar-refractivity contribution is 0.494. The quantitative estimate of drug-likeness (QED) is 0.893. The number of benzene rings is 1. The van der Waals surface area contributed by atoms with Crippen LogP contribution in [0.15, 0.2) is 48.8 Å². The number of hydrogen-bond acceptors (Lipinski definition) is 2. The van der Waals surface area contributed by atoms with Crippen LogP contribution in [0.2, 0.25) is 5.02 Å². The molecule has 1 heterocycles. The summed E-state index contributed by atoms with van der Waals surface area (Å²) >= 11 is 6.20. The van der Waals surface area contributed by atoms with Crippen molar-refractivity contribution in [1.82, 2.24) is 10.3 Å². The van der Waals surface area contributed by atoms with Gasteiger partial charge >= 0.3 is 0 Å². The summed E-state index contributed by atoms with van der Waals surface area (Å²) in [6, 6.07) is 12.5. The molecular formula is C15H17ClN2. The average Bonchev–Trinajstić information content (AvgIpc) is 2.40. The minimum Gasteiger partial charge on any atom is -0.304 e. The summed E-state index contributed by atoms with van der Waals surface area (Å²) in [5.41, 5.74) is 2.35. The maximum Gasteiger partial charge on any atom is 0.0453 e. The van der Waals surface area contributed by atoms with Crippen LogP contribution >= 0.6 is 11.6 Å². The maximum atomic E-state index is 6.20. The Morgan fingerprint density at radius 1 is 1.00 bits per heavy atom. The van der Waals surface area contributed by atoms with Crippen molar-refractivity contribution in [3.05, 3.63) is 64.9 Å². The molecule has 1 aromatic carbocycles. The van der Waals surface area contributed by atoms with E-state index in [0.717, 1.165) is 10.6 Å². The van der Waals surface area contributed by atoms with Crippen LogP contribution in [0.4, 0.5) is 0 Å². The Morgan fingerprint density at radius 2 is 1.67 bits per heavy atom. The molecule has 2 atom stereocenters. The summed E-state index contributed by atoms with van der Waals surface area (Å²) < 4.78 is 0. The van der Waals surface area contributed by atoms with Gasteiger partial charge in [-0.2, -0.15) is 0 Å². The van der Waals surface area contributed by atoms with E-state index in [-0.39, 0.29) is 12.1 Å². The normalized spacial score (nSPS) is 14.2. The Labute approximate surface area is 113 Å². The molecule has 3 heteroatoms. The van der Waals surface area contributed by atoms with E-state index in [1.165, 1.54) is 5.56 Å². The van der Waals surface area contributed by atoms with Crippen LogP contribution in [0.5, 0.6) is 0 Å². The maximum absolute atomic E-state index is 6.20. The molecule has 0 saturated heterocycles. The van der Waals surface area contributed by atoms with Crippen molar-refractivity contribution >= 4 is 11.6 Å². The molecule has 1 aromatic heterocycles. The fourth-order valence-corrected chi connectivity index (χ4v) is 2.34. The van der Waals surface area contributed by atoms with E-state index in [1.807, 2.05) is 42.7 Å². The lowest BCUT2D eigenvalue weighted by Crippen LogP contribution is -2.22. The molecule has 0 saturated carbocycles. The highest BCUT2D eigenvalue weighted by atomic mass is 35.5. The second-order valence-corrected chi connectivity index (χ2v) is 4.82. The topological polar surface area (TPSA) is 24.9 Å². The van der Waals surface area contributed by atoms with E-state index in [9.17, 15) is 0 Å². The highest BCUT2D eigenvalue weighted by Gasteiger charge is 2.12. The van der Waals surface area contributed by atoms with E-state index in [0.29, 0.717) is 0 Å². The van der Waals surface area contributed by atoms with E-state index >= 15 is 0 Å². The van der Waals surface area contributed by atoms with Crippen molar-refractivity contribution in [1.29, 1.82) is 0 Å². The largest absolute Gasteiger partial charge is 0.304 e. The summed E-state index contributed by atoms with van der Waals surface area (Å²) in [7, 11) is 0. The van der Waals surface area contributed by atoms with Gasteiger partial charge in [0.1, 0.15) is 0 Å². The summed E-state index contributed by atoms with van der Waals surface area (Å²) in [6.45, 7) is 4.27. The first-order chi connectivity index (χ1) is 8.68. The third-order valence-corrected chi connectivity index (χ3v) is 3.42. The Bertz CT molecular complexity index is 499. The van der Waals surface area contributed by atoms with Crippen LogP contribution in [0.1, 0.15) is 37.1 Å². The fraction of sp³-hybridized carbons (Fsp3) is 0.267. The molecule has 0 amide bonds. The summed E-state index contributed by atoms with van der Waals surface area (Å²) in [6.07, 6.45) is 3.63. The van der Waals surface area contributed by atoms with Crippen molar-refractivity contribution in [3.63, 3.8) is 0 Å². The van der Waals surface area contributed by atoms with Crippen LogP contribution in [-0.4, -0.2) is 4.98 Å². The molecule has 0 aliphatic carbocycles. The van der Waals surface area contributed by atoms with Crippen LogP contribution in [0.3, 0.4) is 0 Å². The van der Waals surface area contributed by atoms with Crippen molar-refractivity contribution in [2.24, 2.45) is 0 Å².